The topological polar surface area (TPSA) is 102 Å². The van der Waals surface area contributed by atoms with Crippen molar-refractivity contribution in [3.8, 4) is 11.5 Å². The van der Waals surface area contributed by atoms with Crippen molar-refractivity contribution < 1.29 is 27.5 Å². The molecule has 0 bridgehead atoms. The van der Waals surface area contributed by atoms with Crippen LogP contribution in [0.5, 0.6) is 11.5 Å². The molecule has 2 amide bonds. The van der Waals surface area contributed by atoms with Gasteiger partial charge in [-0.15, -0.1) is 0 Å². The highest BCUT2D eigenvalue weighted by atomic mass is 32.2. The van der Waals surface area contributed by atoms with Crippen LogP contribution in [0.1, 0.15) is 12.8 Å². The smallest absolute Gasteiger partial charge is 0.233 e. The van der Waals surface area contributed by atoms with Gasteiger partial charge in [0.15, 0.2) is 21.3 Å². The second-order valence-electron chi connectivity index (χ2n) is 5.85. The van der Waals surface area contributed by atoms with Gasteiger partial charge in [-0.3, -0.25) is 9.59 Å². The van der Waals surface area contributed by atoms with Crippen LogP contribution in [0.25, 0.3) is 0 Å². The fourth-order valence-corrected chi connectivity index (χ4v) is 4.50. The molecule has 0 radical (unpaired) electrons. The lowest BCUT2D eigenvalue weighted by atomic mass is 10.2. The van der Waals surface area contributed by atoms with Crippen molar-refractivity contribution in [3.05, 3.63) is 18.2 Å². The summed E-state index contributed by atoms with van der Waals surface area (Å²) in [6.07, 6.45) is 0.0653. The van der Waals surface area contributed by atoms with Gasteiger partial charge in [0.05, 0.1) is 11.5 Å². The van der Waals surface area contributed by atoms with E-state index in [1.807, 2.05) is 0 Å². The molecule has 0 aliphatic carbocycles. The largest absolute Gasteiger partial charge is 0.454 e. The van der Waals surface area contributed by atoms with E-state index in [4.69, 9.17) is 9.47 Å². The van der Waals surface area contributed by atoms with E-state index in [1.165, 1.54) is 11.9 Å². The molecule has 1 aromatic rings. The van der Waals surface area contributed by atoms with Crippen LogP contribution in [-0.2, 0) is 19.4 Å². The molecule has 0 spiro atoms. The standard InChI is InChI=1S/C15H18N2O6S/c1-17(11-4-5-24(20,21)8-11)15(19)7-14(18)16-10-2-3-12-13(6-10)23-9-22-12/h2-3,6,11H,4-5,7-9H2,1H3,(H,16,18). The lowest BCUT2D eigenvalue weighted by Crippen LogP contribution is -2.39. The van der Waals surface area contributed by atoms with Crippen molar-refractivity contribution in [2.24, 2.45) is 0 Å². The predicted octanol–water partition coefficient (Wildman–Crippen LogP) is 0.389. The average Bonchev–Trinajstić information content (AvgIpc) is 3.11. The maximum absolute atomic E-state index is 12.2. The monoisotopic (exact) mass is 354 g/mol. The number of rotatable bonds is 4. The van der Waals surface area contributed by atoms with Crippen LogP contribution in [0, 0.1) is 0 Å². The minimum absolute atomic E-state index is 0.0426. The molecule has 2 aliphatic heterocycles. The van der Waals surface area contributed by atoms with Gasteiger partial charge in [-0.05, 0) is 18.6 Å². The first-order chi connectivity index (χ1) is 11.3. The molecule has 1 unspecified atom stereocenters. The predicted molar refractivity (Wildman–Crippen MR) is 85.6 cm³/mol. The quantitative estimate of drug-likeness (QED) is 0.785. The highest BCUT2D eigenvalue weighted by Crippen LogP contribution is 2.34. The minimum atomic E-state index is -3.08. The van der Waals surface area contributed by atoms with Gasteiger partial charge in [0.25, 0.3) is 0 Å². The second kappa shape index (κ2) is 6.31. The molecule has 1 saturated heterocycles. The van der Waals surface area contributed by atoms with E-state index in [0.29, 0.717) is 23.6 Å². The van der Waals surface area contributed by atoms with Gasteiger partial charge in [-0.25, -0.2) is 8.42 Å². The Labute approximate surface area is 139 Å². The maximum Gasteiger partial charge on any atom is 0.233 e. The van der Waals surface area contributed by atoms with E-state index in [-0.39, 0.29) is 30.8 Å². The third-order valence-electron chi connectivity index (χ3n) is 4.12. The van der Waals surface area contributed by atoms with E-state index in [1.54, 1.807) is 18.2 Å². The SMILES string of the molecule is CN(C(=O)CC(=O)Nc1ccc2c(c1)OCO2)C1CCS(=O)(=O)C1. The number of fused-ring (bicyclic) bond motifs is 1. The Hall–Kier alpha value is -2.29. The summed E-state index contributed by atoms with van der Waals surface area (Å²) < 4.78 is 33.4. The normalized spacial score (nSPS) is 20.6. The number of nitrogens with zero attached hydrogens (tertiary/aromatic N) is 1. The number of carbonyl (C=O) groups excluding carboxylic acids is 2. The zero-order valence-electron chi connectivity index (χ0n) is 13.1. The average molecular weight is 354 g/mol. The Bertz CT molecular complexity index is 776. The summed E-state index contributed by atoms with van der Waals surface area (Å²) in [7, 11) is -1.55. The second-order valence-corrected chi connectivity index (χ2v) is 8.08. The Morgan fingerprint density at radius 1 is 1.29 bits per heavy atom. The molecule has 0 saturated carbocycles. The van der Waals surface area contributed by atoms with Gasteiger partial charge in [0, 0.05) is 24.8 Å². The lowest BCUT2D eigenvalue weighted by Gasteiger charge is -2.23. The lowest BCUT2D eigenvalue weighted by molar-refractivity contribution is -0.134. The van der Waals surface area contributed by atoms with E-state index < -0.39 is 21.7 Å². The molecule has 1 N–H and O–H groups in total. The van der Waals surface area contributed by atoms with Crippen LogP contribution >= 0.6 is 0 Å². The van der Waals surface area contributed by atoms with Gasteiger partial charge in [-0.1, -0.05) is 0 Å². The molecular formula is C15H18N2O6S. The number of carbonyl (C=O) groups is 2. The zero-order valence-corrected chi connectivity index (χ0v) is 14.0. The number of hydrogen-bond acceptors (Lipinski definition) is 6. The van der Waals surface area contributed by atoms with Crippen molar-refractivity contribution in [2.45, 2.75) is 18.9 Å². The van der Waals surface area contributed by atoms with Gasteiger partial charge in [0.2, 0.25) is 18.6 Å². The highest BCUT2D eigenvalue weighted by molar-refractivity contribution is 7.91. The summed E-state index contributed by atoms with van der Waals surface area (Å²) in [4.78, 5) is 25.5. The number of benzene rings is 1. The number of hydrogen-bond donors (Lipinski definition) is 1. The third-order valence-corrected chi connectivity index (χ3v) is 5.87. The van der Waals surface area contributed by atoms with Crippen LogP contribution in [0.2, 0.25) is 0 Å². The fraction of sp³-hybridized carbons (Fsp3) is 0.467. The van der Waals surface area contributed by atoms with Crippen molar-refractivity contribution in [3.63, 3.8) is 0 Å². The fourth-order valence-electron chi connectivity index (χ4n) is 2.73. The summed E-state index contributed by atoms with van der Waals surface area (Å²) >= 11 is 0. The first-order valence-electron chi connectivity index (χ1n) is 7.50. The molecule has 24 heavy (non-hydrogen) atoms. The van der Waals surface area contributed by atoms with Crippen molar-refractivity contribution in [2.75, 3.05) is 30.7 Å². The zero-order chi connectivity index (χ0) is 17.3. The minimum Gasteiger partial charge on any atom is -0.454 e. The number of ether oxygens (including phenoxy) is 2. The van der Waals surface area contributed by atoms with E-state index in [9.17, 15) is 18.0 Å². The number of sulfone groups is 1. The molecule has 3 rings (SSSR count). The Morgan fingerprint density at radius 2 is 2.04 bits per heavy atom. The molecule has 1 atom stereocenters. The van der Waals surface area contributed by atoms with Crippen LogP contribution in [0.15, 0.2) is 18.2 Å². The molecule has 8 nitrogen and oxygen atoms in total. The van der Waals surface area contributed by atoms with E-state index in [0.717, 1.165) is 0 Å². The van der Waals surface area contributed by atoms with Crippen LogP contribution < -0.4 is 14.8 Å². The summed E-state index contributed by atoms with van der Waals surface area (Å²) in [5, 5.41) is 2.62. The molecule has 2 heterocycles. The van der Waals surface area contributed by atoms with Gasteiger partial charge in [-0.2, -0.15) is 0 Å². The van der Waals surface area contributed by atoms with Gasteiger partial charge < -0.3 is 19.7 Å². The highest BCUT2D eigenvalue weighted by Gasteiger charge is 2.33. The van der Waals surface area contributed by atoms with Gasteiger partial charge in [0.1, 0.15) is 6.42 Å². The third kappa shape index (κ3) is 3.61. The first-order valence-corrected chi connectivity index (χ1v) is 9.32. The molecule has 1 aromatic carbocycles. The van der Waals surface area contributed by atoms with Crippen LogP contribution in [-0.4, -0.2) is 56.5 Å². The Balaban J connectivity index is 1.55. The van der Waals surface area contributed by atoms with E-state index in [2.05, 4.69) is 5.32 Å². The molecule has 2 aliphatic rings. The maximum atomic E-state index is 12.2. The van der Waals surface area contributed by atoms with Crippen molar-refractivity contribution in [1.82, 2.24) is 4.90 Å². The number of anilines is 1. The first kappa shape index (κ1) is 16.6. The Kier molecular flexibility index (Phi) is 4.35. The molecule has 130 valence electrons. The Morgan fingerprint density at radius 3 is 2.75 bits per heavy atom. The summed E-state index contributed by atoms with van der Waals surface area (Å²) in [5.74, 6) is 0.304. The summed E-state index contributed by atoms with van der Waals surface area (Å²) in [6, 6.07) is 4.59. The van der Waals surface area contributed by atoms with Crippen molar-refractivity contribution in [1.29, 1.82) is 0 Å². The molecular weight excluding hydrogens is 336 g/mol. The number of amides is 2. The molecule has 9 heteroatoms. The summed E-state index contributed by atoms with van der Waals surface area (Å²) in [6.45, 7) is 0.139. The molecule has 1 fully saturated rings. The number of nitrogens with one attached hydrogen (secondary N) is 1. The summed E-state index contributed by atoms with van der Waals surface area (Å²) in [5.41, 5.74) is 0.503. The van der Waals surface area contributed by atoms with Crippen LogP contribution in [0.4, 0.5) is 5.69 Å². The van der Waals surface area contributed by atoms with E-state index >= 15 is 0 Å². The van der Waals surface area contributed by atoms with Crippen molar-refractivity contribution >= 4 is 27.3 Å². The van der Waals surface area contributed by atoms with Crippen LogP contribution in [0.3, 0.4) is 0 Å². The van der Waals surface area contributed by atoms with Gasteiger partial charge >= 0.3 is 0 Å². The molecule has 0 aromatic heterocycles.